The maximum absolute atomic E-state index is 10.7. The predicted molar refractivity (Wildman–Crippen MR) is 61.9 cm³/mol. The fraction of sp³-hybridized carbons (Fsp3) is 0.250. The third-order valence-corrected chi connectivity index (χ3v) is 3.55. The summed E-state index contributed by atoms with van der Waals surface area (Å²) in [5, 5.41) is 12.8. The second kappa shape index (κ2) is 5.93. The van der Waals surface area contributed by atoms with Crippen molar-refractivity contribution in [3.63, 3.8) is 0 Å². The molecule has 0 saturated carbocycles. The fourth-order valence-corrected chi connectivity index (χ4v) is 2.72. The van der Waals surface area contributed by atoms with Gasteiger partial charge in [0, 0.05) is 10.6 Å². The second-order valence-corrected chi connectivity index (χ2v) is 4.48. The van der Waals surface area contributed by atoms with Gasteiger partial charge in [0.1, 0.15) is 4.88 Å². The van der Waals surface area contributed by atoms with Crippen molar-refractivity contribution in [3.05, 3.63) is 16.3 Å². The van der Waals surface area contributed by atoms with Crippen LogP contribution in [0.3, 0.4) is 0 Å². The Labute approximate surface area is 94.9 Å². The molecule has 0 spiro atoms. The molecule has 1 aromatic rings. The van der Waals surface area contributed by atoms with Crippen molar-refractivity contribution >= 4 is 46.4 Å². The molecule has 1 heterocycles. The van der Waals surface area contributed by atoms with Gasteiger partial charge >= 0.3 is 5.97 Å². The highest BCUT2D eigenvalue weighted by molar-refractivity contribution is 7.99. The van der Waals surface area contributed by atoms with E-state index in [0.717, 1.165) is 10.6 Å². The average molecular weight is 245 g/mol. The van der Waals surface area contributed by atoms with Gasteiger partial charge in [0.15, 0.2) is 0 Å². The molecule has 0 radical (unpaired) electrons. The summed E-state index contributed by atoms with van der Waals surface area (Å²) < 4.78 is 0. The number of hydrogen-bond donors (Lipinski definition) is 1. The van der Waals surface area contributed by atoms with Crippen LogP contribution >= 0.6 is 35.3 Å². The number of carbonyl (C=O) groups is 1. The zero-order valence-corrected chi connectivity index (χ0v) is 9.55. The largest absolute Gasteiger partial charge is 0.477 e. The Kier molecular flexibility index (Phi) is 4.82. The van der Waals surface area contributed by atoms with Crippen molar-refractivity contribution in [1.29, 1.82) is 0 Å². The Bertz CT molecular complexity index is 368. The Morgan fingerprint density at radius 3 is 3.21 bits per heavy atom. The van der Waals surface area contributed by atoms with Crippen LogP contribution in [0.15, 0.2) is 21.3 Å². The van der Waals surface area contributed by atoms with Crippen LogP contribution in [0.1, 0.15) is 9.67 Å². The Morgan fingerprint density at radius 1 is 1.79 bits per heavy atom. The predicted octanol–water partition coefficient (Wildman–Crippen LogP) is 2.64. The molecule has 0 atom stereocenters. The number of carboxylic acid groups (broad SMARTS) is 1. The van der Waals surface area contributed by atoms with E-state index >= 15 is 0 Å². The molecule has 3 nitrogen and oxygen atoms in total. The van der Waals surface area contributed by atoms with Gasteiger partial charge in [0.05, 0.1) is 11.7 Å². The van der Waals surface area contributed by atoms with Crippen molar-refractivity contribution in [2.45, 2.75) is 4.90 Å². The van der Waals surface area contributed by atoms with E-state index in [1.54, 1.807) is 11.4 Å². The standard InChI is InChI=1S/C8H7NO2S3/c10-8(11)7-6(1-3-14-7)13-4-2-9-5-12/h1,3H,2,4H2,(H,10,11). The van der Waals surface area contributed by atoms with Gasteiger partial charge in [-0.05, 0) is 23.7 Å². The van der Waals surface area contributed by atoms with Crippen LogP contribution in [0.2, 0.25) is 0 Å². The number of carboxylic acids is 1. The van der Waals surface area contributed by atoms with E-state index in [1.165, 1.54) is 23.1 Å². The lowest BCUT2D eigenvalue weighted by molar-refractivity contribution is 0.0699. The van der Waals surface area contributed by atoms with Crippen LogP contribution in [-0.2, 0) is 0 Å². The lowest BCUT2D eigenvalue weighted by Gasteiger charge is -1.96. The molecule has 1 aromatic heterocycles. The summed E-state index contributed by atoms with van der Waals surface area (Å²) in [7, 11) is 0. The van der Waals surface area contributed by atoms with Crippen LogP contribution in [0.5, 0.6) is 0 Å². The molecular weight excluding hydrogens is 238 g/mol. The van der Waals surface area contributed by atoms with Crippen LogP contribution in [0, 0.1) is 0 Å². The van der Waals surface area contributed by atoms with Crippen LogP contribution in [0.4, 0.5) is 0 Å². The molecule has 1 N–H and O–H groups in total. The summed E-state index contributed by atoms with van der Waals surface area (Å²) in [6.07, 6.45) is 0. The third kappa shape index (κ3) is 3.23. The molecule has 0 aliphatic heterocycles. The van der Waals surface area contributed by atoms with E-state index in [-0.39, 0.29) is 0 Å². The maximum Gasteiger partial charge on any atom is 0.347 e. The SMILES string of the molecule is O=C(O)c1sccc1SCCN=C=S. The first-order valence-corrected chi connectivity index (χ1v) is 6.00. The Balaban J connectivity index is 2.54. The summed E-state index contributed by atoms with van der Waals surface area (Å²) in [5.41, 5.74) is 0. The highest BCUT2D eigenvalue weighted by Crippen LogP contribution is 2.27. The van der Waals surface area contributed by atoms with Crippen LogP contribution in [-0.4, -0.2) is 28.5 Å². The Morgan fingerprint density at radius 2 is 2.57 bits per heavy atom. The number of thiocarbonyl (C=S) groups is 1. The third-order valence-electron chi connectivity index (χ3n) is 1.35. The van der Waals surface area contributed by atoms with Gasteiger partial charge < -0.3 is 5.11 Å². The first-order valence-electron chi connectivity index (χ1n) is 3.73. The molecular formula is C8H7NO2S3. The molecule has 0 saturated heterocycles. The normalized spacial score (nSPS) is 9.43. The molecule has 74 valence electrons. The number of isothiocyanates is 1. The fourth-order valence-electron chi connectivity index (χ4n) is 0.814. The number of thioether (sulfide) groups is 1. The zero-order chi connectivity index (χ0) is 10.4. The van der Waals surface area contributed by atoms with Crippen molar-refractivity contribution in [1.82, 2.24) is 0 Å². The summed E-state index contributed by atoms with van der Waals surface area (Å²) in [6, 6.07) is 1.81. The van der Waals surface area contributed by atoms with Crippen LogP contribution in [0.25, 0.3) is 0 Å². The van der Waals surface area contributed by atoms with Gasteiger partial charge in [0.25, 0.3) is 0 Å². The lowest BCUT2D eigenvalue weighted by atomic mass is 10.5. The summed E-state index contributed by atoms with van der Waals surface area (Å²) in [4.78, 5) is 15.6. The number of aromatic carboxylic acids is 1. The first-order chi connectivity index (χ1) is 6.75. The van der Waals surface area contributed by atoms with Crippen LogP contribution < -0.4 is 0 Å². The van der Waals surface area contributed by atoms with Crippen molar-refractivity contribution < 1.29 is 9.90 Å². The molecule has 0 aliphatic rings. The molecule has 0 fully saturated rings. The minimum Gasteiger partial charge on any atom is -0.477 e. The highest BCUT2D eigenvalue weighted by atomic mass is 32.2. The Hall–Kier alpha value is -0.680. The zero-order valence-electron chi connectivity index (χ0n) is 7.10. The van der Waals surface area contributed by atoms with E-state index in [9.17, 15) is 4.79 Å². The minimum absolute atomic E-state index is 0.390. The van der Waals surface area contributed by atoms with Crippen molar-refractivity contribution in [3.8, 4) is 0 Å². The number of hydrogen-bond acceptors (Lipinski definition) is 5. The first kappa shape index (κ1) is 11.4. The quantitative estimate of drug-likeness (QED) is 0.375. The highest BCUT2D eigenvalue weighted by Gasteiger charge is 2.11. The van der Waals surface area contributed by atoms with Gasteiger partial charge in [-0.3, -0.25) is 0 Å². The molecule has 14 heavy (non-hydrogen) atoms. The number of aliphatic imine (C=N–C) groups is 1. The molecule has 0 aliphatic carbocycles. The van der Waals surface area contributed by atoms with E-state index < -0.39 is 5.97 Å². The molecule has 1 rings (SSSR count). The molecule has 0 bridgehead atoms. The van der Waals surface area contributed by atoms with Gasteiger partial charge in [-0.25, -0.2) is 9.79 Å². The minimum atomic E-state index is -0.874. The number of rotatable bonds is 5. The van der Waals surface area contributed by atoms with Gasteiger partial charge in [-0.1, -0.05) is 0 Å². The molecule has 0 unspecified atom stereocenters. The van der Waals surface area contributed by atoms with E-state index in [2.05, 4.69) is 22.4 Å². The lowest BCUT2D eigenvalue weighted by Crippen LogP contribution is -1.94. The van der Waals surface area contributed by atoms with Gasteiger partial charge in [-0.15, -0.1) is 23.1 Å². The maximum atomic E-state index is 10.7. The number of thiophene rings is 1. The smallest absolute Gasteiger partial charge is 0.347 e. The van der Waals surface area contributed by atoms with Gasteiger partial charge in [-0.2, -0.15) is 0 Å². The number of nitrogens with zero attached hydrogens (tertiary/aromatic N) is 1. The van der Waals surface area contributed by atoms with Gasteiger partial charge in [0.2, 0.25) is 0 Å². The van der Waals surface area contributed by atoms with E-state index in [1.807, 2.05) is 0 Å². The summed E-state index contributed by atoms with van der Waals surface area (Å²) >= 11 is 7.12. The van der Waals surface area contributed by atoms with E-state index in [4.69, 9.17) is 5.11 Å². The van der Waals surface area contributed by atoms with E-state index in [0.29, 0.717) is 11.4 Å². The summed E-state index contributed by atoms with van der Waals surface area (Å²) in [6.45, 7) is 0.572. The topological polar surface area (TPSA) is 49.7 Å². The molecule has 6 heteroatoms. The van der Waals surface area contributed by atoms with Crippen molar-refractivity contribution in [2.75, 3.05) is 12.3 Å². The molecule has 0 amide bonds. The average Bonchev–Trinajstić information content (AvgIpc) is 2.60. The molecule has 0 aromatic carbocycles. The second-order valence-electron chi connectivity index (χ2n) is 2.24. The monoisotopic (exact) mass is 245 g/mol. The van der Waals surface area contributed by atoms with Crippen molar-refractivity contribution in [2.24, 2.45) is 4.99 Å². The summed E-state index contributed by atoms with van der Waals surface area (Å²) in [5.74, 6) is -0.151.